The van der Waals surface area contributed by atoms with Crippen LogP contribution < -0.4 is 20.3 Å². The first-order chi connectivity index (χ1) is 14.0. The average molecular weight is 397 g/mol. The van der Waals surface area contributed by atoms with E-state index in [1.807, 2.05) is 0 Å². The normalized spacial score (nSPS) is 12.3. The van der Waals surface area contributed by atoms with Crippen LogP contribution in [0.3, 0.4) is 0 Å². The van der Waals surface area contributed by atoms with Crippen molar-refractivity contribution in [1.82, 2.24) is 9.97 Å². The van der Waals surface area contributed by atoms with Gasteiger partial charge in [-0.15, -0.1) is 0 Å². The lowest BCUT2D eigenvalue weighted by Gasteiger charge is -2.20. The molecule has 3 aromatic rings. The number of aromatic amines is 1. The van der Waals surface area contributed by atoms with Crippen molar-refractivity contribution in [1.29, 1.82) is 0 Å². The van der Waals surface area contributed by atoms with Crippen molar-refractivity contribution in [3.8, 4) is 11.5 Å². The molecule has 0 saturated heterocycles. The molecule has 154 valence electrons. The molecule has 1 atom stereocenters. The van der Waals surface area contributed by atoms with Gasteiger partial charge >= 0.3 is 0 Å². The molecule has 0 aliphatic heterocycles. The summed E-state index contributed by atoms with van der Waals surface area (Å²) < 4.78 is 10.6. The number of aryl methyl sites for hydroxylation is 1. The fraction of sp³-hybridized carbons (Fsp3) is 0.391. The number of nitrogens with one attached hydrogen (secondary N) is 1. The fourth-order valence-electron chi connectivity index (χ4n) is 3.62. The Kier molecular flexibility index (Phi) is 6.54. The number of fused-ring (bicyclic) bond motifs is 1. The minimum absolute atomic E-state index is 0.173. The van der Waals surface area contributed by atoms with E-state index in [4.69, 9.17) is 9.47 Å². The Morgan fingerprint density at radius 3 is 2.31 bits per heavy atom. The number of nitrogens with two attached hydrogens (primary N) is 1. The molecule has 6 heteroatoms. The number of nitrogens with zero attached hydrogens (tertiary/aromatic N) is 1. The van der Waals surface area contributed by atoms with Gasteiger partial charge in [0.1, 0.15) is 12.6 Å². The summed E-state index contributed by atoms with van der Waals surface area (Å²) in [5.74, 6) is 2.16. The lowest BCUT2D eigenvalue weighted by atomic mass is 9.95. The first kappa shape index (κ1) is 20.9. The van der Waals surface area contributed by atoms with Crippen molar-refractivity contribution in [3.63, 3.8) is 0 Å². The van der Waals surface area contributed by atoms with Gasteiger partial charge in [-0.05, 0) is 18.1 Å². The molecule has 3 N–H and O–H groups in total. The molecule has 1 aromatic heterocycles. The van der Waals surface area contributed by atoms with E-state index in [1.165, 1.54) is 11.1 Å². The molecule has 29 heavy (non-hydrogen) atoms. The Hall–Kier alpha value is -2.86. The zero-order valence-electron chi connectivity index (χ0n) is 17.8. The lowest BCUT2D eigenvalue weighted by Crippen LogP contribution is -2.85. The van der Waals surface area contributed by atoms with Crippen LogP contribution in [0.4, 0.5) is 0 Å². The van der Waals surface area contributed by atoms with Gasteiger partial charge in [-0.3, -0.25) is 4.79 Å². The maximum absolute atomic E-state index is 12.6. The van der Waals surface area contributed by atoms with Crippen molar-refractivity contribution in [3.05, 3.63) is 63.7 Å². The van der Waals surface area contributed by atoms with Crippen LogP contribution in [0, 0.1) is 5.92 Å². The van der Waals surface area contributed by atoms with Crippen LogP contribution in [0.5, 0.6) is 11.5 Å². The SMILES string of the molecule is CCc1ccc([C@@H]([NH2+]Cc2nc3cc(OC)c(OC)cc3c(=O)[nH]2)C(C)C)cc1. The highest BCUT2D eigenvalue weighted by Gasteiger charge is 2.20. The van der Waals surface area contributed by atoms with Crippen molar-refractivity contribution < 1.29 is 14.8 Å². The zero-order chi connectivity index (χ0) is 21.0. The second-order valence-corrected chi connectivity index (χ2v) is 7.54. The highest BCUT2D eigenvalue weighted by molar-refractivity contribution is 5.81. The van der Waals surface area contributed by atoms with Gasteiger partial charge in [0.15, 0.2) is 17.3 Å². The van der Waals surface area contributed by atoms with E-state index in [1.54, 1.807) is 26.4 Å². The Balaban J connectivity index is 1.86. The van der Waals surface area contributed by atoms with Crippen LogP contribution in [0.15, 0.2) is 41.2 Å². The highest BCUT2D eigenvalue weighted by atomic mass is 16.5. The number of quaternary nitrogens is 1. The lowest BCUT2D eigenvalue weighted by molar-refractivity contribution is -0.718. The van der Waals surface area contributed by atoms with Gasteiger partial charge in [0.25, 0.3) is 5.56 Å². The van der Waals surface area contributed by atoms with E-state index in [2.05, 4.69) is 60.3 Å². The zero-order valence-corrected chi connectivity index (χ0v) is 17.8. The number of aromatic nitrogens is 2. The molecule has 0 aliphatic carbocycles. The average Bonchev–Trinajstić information content (AvgIpc) is 2.73. The monoisotopic (exact) mass is 396 g/mol. The summed E-state index contributed by atoms with van der Waals surface area (Å²) in [4.78, 5) is 20.1. The summed E-state index contributed by atoms with van der Waals surface area (Å²) in [6.07, 6.45) is 1.03. The number of benzene rings is 2. The van der Waals surface area contributed by atoms with E-state index in [9.17, 15) is 4.79 Å². The van der Waals surface area contributed by atoms with Gasteiger partial charge in [-0.2, -0.15) is 0 Å². The van der Waals surface area contributed by atoms with Crippen LogP contribution >= 0.6 is 0 Å². The number of ether oxygens (including phenoxy) is 2. The highest BCUT2D eigenvalue weighted by Crippen LogP contribution is 2.29. The van der Waals surface area contributed by atoms with E-state index in [0.717, 1.165) is 6.42 Å². The van der Waals surface area contributed by atoms with E-state index in [-0.39, 0.29) is 11.6 Å². The van der Waals surface area contributed by atoms with Gasteiger partial charge < -0.3 is 19.8 Å². The molecule has 0 fully saturated rings. The summed E-state index contributed by atoms with van der Waals surface area (Å²) in [5, 5.41) is 2.72. The molecule has 0 amide bonds. The van der Waals surface area contributed by atoms with Gasteiger partial charge in [0.2, 0.25) is 0 Å². The van der Waals surface area contributed by atoms with Crippen LogP contribution in [-0.4, -0.2) is 24.2 Å². The first-order valence-corrected chi connectivity index (χ1v) is 10.0. The van der Waals surface area contributed by atoms with Crippen LogP contribution in [-0.2, 0) is 13.0 Å². The third kappa shape index (κ3) is 4.59. The summed E-state index contributed by atoms with van der Waals surface area (Å²) in [5.41, 5.74) is 3.05. The van der Waals surface area contributed by atoms with E-state index < -0.39 is 0 Å². The predicted octanol–water partition coefficient (Wildman–Crippen LogP) is 2.96. The molecule has 1 heterocycles. The van der Waals surface area contributed by atoms with Crippen molar-refractivity contribution >= 4 is 10.9 Å². The largest absolute Gasteiger partial charge is 0.493 e. The molecule has 0 radical (unpaired) electrons. The maximum Gasteiger partial charge on any atom is 0.259 e. The summed E-state index contributed by atoms with van der Waals surface area (Å²) in [6.45, 7) is 7.16. The van der Waals surface area contributed by atoms with Crippen LogP contribution in [0.2, 0.25) is 0 Å². The molecular weight excluding hydrogens is 366 g/mol. The van der Waals surface area contributed by atoms with Crippen LogP contribution in [0.25, 0.3) is 10.9 Å². The molecular formula is C23H30N3O3+. The molecule has 0 saturated carbocycles. The number of hydrogen-bond acceptors (Lipinski definition) is 4. The van der Waals surface area contributed by atoms with Gasteiger partial charge in [0, 0.05) is 17.5 Å². The van der Waals surface area contributed by atoms with Crippen molar-refractivity contribution in [2.75, 3.05) is 14.2 Å². The fourth-order valence-corrected chi connectivity index (χ4v) is 3.62. The van der Waals surface area contributed by atoms with Crippen LogP contribution in [0.1, 0.15) is 43.8 Å². The molecule has 2 aromatic carbocycles. The molecule has 0 spiro atoms. The third-order valence-corrected chi connectivity index (χ3v) is 5.32. The predicted molar refractivity (Wildman–Crippen MR) is 114 cm³/mol. The number of methoxy groups -OCH3 is 2. The number of hydrogen-bond donors (Lipinski definition) is 2. The molecule has 6 nitrogen and oxygen atoms in total. The van der Waals surface area contributed by atoms with E-state index >= 15 is 0 Å². The molecule has 3 rings (SSSR count). The smallest absolute Gasteiger partial charge is 0.259 e. The third-order valence-electron chi connectivity index (χ3n) is 5.32. The van der Waals surface area contributed by atoms with Crippen molar-refractivity contribution in [2.24, 2.45) is 5.92 Å². The molecule has 0 aliphatic rings. The summed E-state index contributed by atoms with van der Waals surface area (Å²) in [6, 6.07) is 12.5. The molecule has 0 unspecified atom stereocenters. The standard InChI is InChI=1S/C23H29N3O3/c1-6-15-7-9-16(10-8-15)22(14(2)3)24-13-21-25-18-12-20(29-5)19(28-4)11-17(18)23(27)26-21/h7-12,14,22,24H,6,13H2,1-5H3,(H,25,26,27)/p+1/t22-/m0/s1. The Morgan fingerprint density at radius 2 is 1.72 bits per heavy atom. The Morgan fingerprint density at radius 1 is 1.07 bits per heavy atom. The summed E-state index contributed by atoms with van der Waals surface area (Å²) >= 11 is 0. The second kappa shape index (κ2) is 9.09. The van der Waals surface area contributed by atoms with Gasteiger partial charge in [-0.1, -0.05) is 45.0 Å². The quantitative estimate of drug-likeness (QED) is 0.613. The topological polar surface area (TPSA) is 80.8 Å². The van der Waals surface area contributed by atoms with E-state index in [0.29, 0.717) is 40.7 Å². The Bertz CT molecular complexity index is 1030. The minimum Gasteiger partial charge on any atom is -0.493 e. The van der Waals surface area contributed by atoms with Gasteiger partial charge in [-0.25, -0.2) is 4.98 Å². The first-order valence-electron chi connectivity index (χ1n) is 10.0. The number of rotatable bonds is 8. The second-order valence-electron chi connectivity index (χ2n) is 7.54. The summed E-state index contributed by atoms with van der Waals surface area (Å²) in [7, 11) is 3.12. The minimum atomic E-state index is -0.173. The Labute approximate surface area is 171 Å². The maximum atomic E-state index is 12.6. The van der Waals surface area contributed by atoms with Gasteiger partial charge in [0.05, 0.1) is 25.1 Å². The van der Waals surface area contributed by atoms with Crippen molar-refractivity contribution in [2.45, 2.75) is 39.8 Å². The molecule has 0 bridgehead atoms. The number of H-pyrrole nitrogens is 1.